The molecule has 0 amide bonds. The summed E-state index contributed by atoms with van der Waals surface area (Å²) in [6.45, 7) is 2.05. The minimum atomic E-state index is -0.237. The van der Waals surface area contributed by atoms with Crippen LogP contribution in [0.2, 0.25) is 0 Å². The lowest BCUT2D eigenvalue weighted by Crippen LogP contribution is -2.52. The van der Waals surface area contributed by atoms with Gasteiger partial charge in [-0.05, 0) is 18.2 Å². The summed E-state index contributed by atoms with van der Waals surface area (Å²) in [5, 5.41) is 12.1. The van der Waals surface area contributed by atoms with Crippen LogP contribution in [0.3, 0.4) is 0 Å². The Morgan fingerprint density at radius 2 is 2.29 bits per heavy atom. The highest BCUT2D eigenvalue weighted by molar-refractivity contribution is 5.42. The quantitative estimate of drug-likeness (QED) is 0.753. The van der Waals surface area contributed by atoms with Crippen molar-refractivity contribution in [2.24, 2.45) is 0 Å². The van der Waals surface area contributed by atoms with E-state index in [1.807, 2.05) is 6.07 Å². The Labute approximate surface area is 82.2 Å². The number of likely N-dealkylation sites (tertiary alicyclic amines) is 1. The predicted octanol–water partition coefficient (Wildman–Crippen LogP) is 0.872. The summed E-state index contributed by atoms with van der Waals surface area (Å²) < 4.78 is 12.8. The van der Waals surface area contributed by atoms with E-state index in [1.54, 1.807) is 6.07 Å². The molecule has 3 nitrogen and oxygen atoms in total. The minimum absolute atomic E-state index is 0.190. The van der Waals surface area contributed by atoms with Crippen LogP contribution >= 0.6 is 0 Å². The molecule has 1 fully saturated rings. The van der Waals surface area contributed by atoms with Crippen molar-refractivity contribution in [3.63, 3.8) is 0 Å². The first-order chi connectivity index (χ1) is 6.74. The highest BCUT2D eigenvalue weighted by Crippen LogP contribution is 2.11. The Hall–Kier alpha value is -1.13. The molecular formula is C10H13FN2O. The third-order valence-corrected chi connectivity index (χ3v) is 2.27. The zero-order valence-corrected chi connectivity index (χ0v) is 7.78. The van der Waals surface area contributed by atoms with Crippen LogP contribution in [0.4, 0.5) is 10.1 Å². The molecule has 2 rings (SSSR count). The molecule has 14 heavy (non-hydrogen) atoms. The number of aliphatic hydroxyl groups is 1. The van der Waals surface area contributed by atoms with Gasteiger partial charge in [0, 0.05) is 18.8 Å². The Morgan fingerprint density at radius 1 is 1.50 bits per heavy atom. The van der Waals surface area contributed by atoms with E-state index in [2.05, 4.69) is 10.2 Å². The first-order valence-corrected chi connectivity index (χ1v) is 4.64. The summed E-state index contributed by atoms with van der Waals surface area (Å²) in [6, 6.07) is 6.36. The minimum Gasteiger partial charge on any atom is -0.390 e. The zero-order chi connectivity index (χ0) is 9.97. The van der Waals surface area contributed by atoms with Gasteiger partial charge in [0.15, 0.2) is 0 Å². The Morgan fingerprint density at radius 3 is 2.93 bits per heavy atom. The molecule has 1 aromatic carbocycles. The lowest BCUT2D eigenvalue weighted by molar-refractivity contribution is 0.00712. The van der Waals surface area contributed by atoms with Gasteiger partial charge in [-0.2, -0.15) is 0 Å². The molecule has 0 bridgehead atoms. The van der Waals surface area contributed by atoms with Crippen LogP contribution in [0, 0.1) is 5.82 Å². The van der Waals surface area contributed by atoms with E-state index >= 15 is 0 Å². The van der Waals surface area contributed by atoms with Crippen molar-refractivity contribution >= 4 is 5.69 Å². The molecule has 0 unspecified atom stereocenters. The van der Waals surface area contributed by atoms with Gasteiger partial charge in [-0.3, -0.25) is 4.90 Å². The van der Waals surface area contributed by atoms with Crippen LogP contribution in [0.15, 0.2) is 24.3 Å². The second kappa shape index (κ2) is 3.94. The molecule has 0 atom stereocenters. The van der Waals surface area contributed by atoms with Crippen molar-refractivity contribution in [3.05, 3.63) is 30.1 Å². The Kier molecular flexibility index (Phi) is 2.65. The number of β-amino-alcohol motifs (C(OH)–C–C–N with tert-alkyl or cyclic N) is 1. The first kappa shape index (κ1) is 9.43. The van der Waals surface area contributed by atoms with Crippen LogP contribution in [-0.4, -0.2) is 35.9 Å². The average Bonchev–Trinajstić information content (AvgIpc) is 2.11. The molecule has 0 aromatic heterocycles. The van der Waals surface area contributed by atoms with E-state index < -0.39 is 0 Å². The number of hydrogen-bond acceptors (Lipinski definition) is 3. The van der Waals surface area contributed by atoms with Crippen molar-refractivity contribution in [2.45, 2.75) is 6.10 Å². The van der Waals surface area contributed by atoms with E-state index in [9.17, 15) is 4.39 Å². The third kappa shape index (κ3) is 2.21. The molecule has 2 N–H and O–H groups in total. The molecule has 0 radical (unpaired) electrons. The topological polar surface area (TPSA) is 35.5 Å². The van der Waals surface area contributed by atoms with Crippen LogP contribution in [-0.2, 0) is 0 Å². The fraction of sp³-hybridized carbons (Fsp3) is 0.400. The Bertz CT molecular complexity index is 313. The van der Waals surface area contributed by atoms with Crippen LogP contribution in [0.5, 0.6) is 0 Å². The standard InChI is InChI=1S/C10H13FN2O/c11-8-2-1-3-9(4-8)12-7-13-5-10(14)6-13/h1-4,10,12,14H,5-7H2. The van der Waals surface area contributed by atoms with Gasteiger partial charge < -0.3 is 10.4 Å². The largest absolute Gasteiger partial charge is 0.390 e. The van der Waals surface area contributed by atoms with Gasteiger partial charge in [0.1, 0.15) is 5.82 Å². The molecule has 1 aliphatic heterocycles. The SMILES string of the molecule is OC1CN(CNc2cccc(F)c2)C1. The molecule has 1 aliphatic rings. The number of anilines is 1. The molecule has 0 aliphatic carbocycles. The highest BCUT2D eigenvalue weighted by Gasteiger charge is 2.23. The van der Waals surface area contributed by atoms with Crippen LogP contribution in [0.1, 0.15) is 0 Å². The second-order valence-corrected chi connectivity index (χ2v) is 3.54. The fourth-order valence-corrected chi connectivity index (χ4v) is 1.47. The second-order valence-electron chi connectivity index (χ2n) is 3.54. The number of hydrogen-bond donors (Lipinski definition) is 2. The van der Waals surface area contributed by atoms with Crippen molar-refractivity contribution in [1.29, 1.82) is 0 Å². The van der Waals surface area contributed by atoms with Crippen molar-refractivity contribution in [2.75, 3.05) is 25.1 Å². The van der Waals surface area contributed by atoms with E-state index in [1.165, 1.54) is 12.1 Å². The number of nitrogens with one attached hydrogen (secondary N) is 1. The smallest absolute Gasteiger partial charge is 0.125 e. The Balaban J connectivity index is 1.80. The molecule has 1 heterocycles. The highest BCUT2D eigenvalue weighted by atomic mass is 19.1. The molecule has 0 saturated carbocycles. The van der Waals surface area contributed by atoms with E-state index in [4.69, 9.17) is 5.11 Å². The molecule has 0 spiro atoms. The number of halogens is 1. The zero-order valence-electron chi connectivity index (χ0n) is 7.78. The first-order valence-electron chi connectivity index (χ1n) is 4.64. The molecular weight excluding hydrogens is 183 g/mol. The van der Waals surface area contributed by atoms with Gasteiger partial charge in [0.25, 0.3) is 0 Å². The summed E-state index contributed by atoms with van der Waals surface area (Å²) in [4.78, 5) is 2.05. The average molecular weight is 196 g/mol. The van der Waals surface area contributed by atoms with Crippen molar-refractivity contribution in [1.82, 2.24) is 4.90 Å². The predicted molar refractivity (Wildman–Crippen MR) is 52.5 cm³/mol. The summed E-state index contributed by atoms with van der Waals surface area (Å²) in [5.74, 6) is -0.237. The van der Waals surface area contributed by atoms with Gasteiger partial charge in [0.2, 0.25) is 0 Å². The fourth-order valence-electron chi connectivity index (χ4n) is 1.47. The summed E-state index contributed by atoms with van der Waals surface area (Å²) >= 11 is 0. The number of aliphatic hydroxyl groups excluding tert-OH is 1. The van der Waals surface area contributed by atoms with E-state index in [0.29, 0.717) is 19.8 Å². The van der Waals surface area contributed by atoms with Gasteiger partial charge in [-0.25, -0.2) is 4.39 Å². The number of nitrogens with zero attached hydrogens (tertiary/aromatic N) is 1. The van der Waals surface area contributed by atoms with E-state index in [-0.39, 0.29) is 11.9 Å². The molecule has 1 aromatic rings. The third-order valence-electron chi connectivity index (χ3n) is 2.27. The lowest BCUT2D eigenvalue weighted by atomic mass is 10.2. The summed E-state index contributed by atoms with van der Waals surface area (Å²) in [5.41, 5.74) is 0.770. The molecule has 76 valence electrons. The number of rotatable bonds is 3. The van der Waals surface area contributed by atoms with Gasteiger partial charge >= 0.3 is 0 Å². The van der Waals surface area contributed by atoms with Gasteiger partial charge in [0.05, 0.1) is 12.8 Å². The summed E-state index contributed by atoms with van der Waals surface area (Å²) in [6.07, 6.45) is -0.190. The normalized spacial score (nSPS) is 17.9. The molecule has 1 saturated heterocycles. The van der Waals surface area contributed by atoms with Crippen molar-refractivity contribution < 1.29 is 9.50 Å². The maximum absolute atomic E-state index is 12.8. The maximum Gasteiger partial charge on any atom is 0.125 e. The van der Waals surface area contributed by atoms with Gasteiger partial charge in [-0.1, -0.05) is 6.07 Å². The monoisotopic (exact) mass is 196 g/mol. The van der Waals surface area contributed by atoms with Crippen LogP contribution < -0.4 is 5.32 Å². The van der Waals surface area contributed by atoms with Crippen molar-refractivity contribution in [3.8, 4) is 0 Å². The van der Waals surface area contributed by atoms with Crippen LogP contribution in [0.25, 0.3) is 0 Å². The lowest BCUT2D eigenvalue weighted by Gasteiger charge is -2.35. The number of benzene rings is 1. The molecule has 4 heteroatoms. The maximum atomic E-state index is 12.8. The summed E-state index contributed by atoms with van der Waals surface area (Å²) in [7, 11) is 0. The van der Waals surface area contributed by atoms with E-state index in [0.717, 1.165) is 5.69 Å². The van der Waals surface area contributed by atoms with Gasteiger partial charge in [-0.15, -0.1) is 0 Å².